The third-order valence-corrected chi connectivity index (χ3v) is 6.73. The second-order valence-electron chi connectivity index (χ2n) is 6.55. The first-order valence-corrected chi connectivity index (χ1v) is 10.3. The standard InChI is InChI=1S/C21H18N4O2S/c1-14-8-10-17(11-9-14)28(26,27)15(2)19-20-21(24-13-23-19)25-18(12-22-20)16-6-4-3-5-7-16/h3-13,15H,1-2H3. The Labute approximate surface area is 163 Å². The van der Waals surface area contributed by atoms with Gasteiger partial charge in [-0.2, -0.15) is 0 Å². The van der Waals surface area contributed by atoms with Gasteiger partial charge in [-0.25, -0.2) is 28.4 Å². The van der Waals surface area contributed by atoms with Gasteiger partial charge >= 0.3 is 0 Å². The molecular weight excluding hydrogens is 372 g/mol. The highest BCUT2D eigenvalue weighted by Gasteiger charge is 2.28. The molecule has 0 aliphatic rings. The lowest BCUT2D eigenvalue weighted by molar-refractivity contribution is 0.585. The quantitative estimate of drug-likeness (QED) is 0.525. The molecular formula is C21H18N4O2S. The molecule has 0 bridgehead atoms. The number of sulfone groups is 1. The van der Waals surface area contributed by atoms with E-state index in [-0.39, 0.29) is 4.90 Å². The molecule has 0 N–H and O–H groups in total. The van der Waals surface area contributed by atoms with Crippen molar-refractivity contribution < 1.29 is 8.42 Å². The van der Waals surface area contributed by atoms with Crippen molar-refractivity contribution in [3.63, 3.8) is 0 Å². The highest BCUT2D eigenvalue weighted by molar-refractivity contribution is 7.91. The van der Waals surface area contributed by atoms with Crippen LogP contribution < -0.4 is 0 Å². The van der Waals surface area contributed by atoms with Crippen LogP contribution in [-0.2, 0) is 9.84 Å². The molecule has 1 unspecified atom stereocenters. The number of hydrogen-bond acceptors (Lipinski definition) is 6. The molecule has 2 aromatic heterocycles. The second kappa shape index (κ2) is 7.09. The highest BCUT2D eigenvalue weighted by atomic mass is 32.2. The maximum Gasteiger partial charge on any atom is 0.186 e. The van der Waals surface area contributed by atoms with Gasteiger partial charge in [0.15, 0.2) is 15.5 Å². The Bertz CT molecular complexity index is 1240. The molecule has 28 heavy (non-hydrogen) atoms. The summed E-state index contributed by atoms with van der Waals surface area (Å²) < 4.78 is 26.1. The summed E-state index contributed by atoms with van der Waals surface area (Å²) >= 11 is 0. The van der Waals surface area contributed by atoms with Gasteiger partial charge in [0.1, 0.15) is 17.1 Å². The van der Waals surface area contributed by atoms with E-state index in [4.69, 9.17) is 0 Å². The Morgan fingerprint density at radius 2 is 1.61 bits per heavy atom. The normalized spacial score (nSPS) is 12.8. The van der Waals surface area contributed by atoms with E-state index in [9.17, 15) is 8.42 Å². The second-order valence-corrected chi connectivity index (χ2v) is 8.82. The molecule has 0 fully saturated rings. The van der Waals surface area contributed by atoms with Gasteiger partial charge < -0.3 is 0 Å². The topological polar surface area (TPSA) is 85.7 Å². The van der Waals surface area contributed by atoms with Crippen LogP contribution in [0.25, 0.3) is 22.4 Å². The Morgan fingerprint density at radius 1 is 0.893 bits per heavy atom. The van der Waals surface area contributed by atoms with Crippen LogP contribution in [0.5, 0.6) is 0 Å². The van der Waals surface area contributed by atoms with Gasteiger partial charge in [0.2, 0.25) is 0 Å². The van der Waals surface area contributed by atoms with E-state index < -0.39 is 15.1 Å². The van der Waals surface area contributed by atoms with Gasteiger partial charge in [0.05, 0.1) is 22.5 Å². The third-order valence-electron chi connectivity index (χ3n) is 4.64. The Kier molecular flexibility index (Phi) is 4.60. The lowest BCUT2D eigenvalue weighted by Gasteiger charge is -2.14. The van der Waals surface area contributed by atoms with Crippen molar-refractivity contribution in [2.45, 2.75) is 24.0 Å². The number of aromatic nitrogens is 4. The molecule has 4 aromatic rings. The first kappa shape index (κ1) is 18.2. The molecule has 0 saturated carbocycles. The zero-order valence-corrected chi connectivity index (χ0v) is 16.3. The fraction of sp³-hybridized carbons (Fsp3) is 0.143. The molecule has 2 heterocycles. The summed E-state index contributed by atoms with van der Waals surface area (Å²) in [5, 5.41) is -0.877. The van der Waals surface area contributed by atoms with Crippen molar-refractivity contribution in [1.82, 2.24) is 19.9 Å². The van der Waals surface area contributed by atoms with Gasteiger partial charge in [-0.3, -0.25) is 0 Å². The minimum atomic E-state index is -3.62. The van der Waals surface area contributed by atoms with E-state index >= 15 is 0 Å². The van der Waals surface area contributed by atoms with Gasteiger partial charge in [0, 0.05) is 5.56 Å². The van der Waals surface area contributed by atoms with Crippen LogP contribution in [0.2, 0.25) is 0 Å². The minimum absolute atomic E-state index is 0.256. The number of nitrogens with zero attached hydrogens (tertiary/aromatic N) is 4. The van der Waals surface area contributed by atoms with Crippen LogP contribution in [0.1, 0.15) is 23.4 Å². The molecule has 0 amide bonds. The average Bonchev–Trinajstić information content (AvgIpc) is 2.73. The molecule has 2 aromatic carbocycles. The van der Waals surface area contributed by atoms with Crippen LogP contribution >= 0.6 is 0 Å². The summed E-state index contributed by atoms with van der Waals surface area (Å²) in [4.78, 5) is 17.7. The Morgan fingerprint density at radius 3 is 2.32 bits per heavy atom. The molecule has 1 atom stereocenters. The molecule has 7 heteroatoms. The van der Waals surface area contributed by atoms with Gasteiger partial charge in [-0.05, 0) is 26.0 Å². The van der Waals surface area contributed by atoms with Gasteiger partial charge in [-0.15, -0.1) is 0 Å². The van der Waals surface area contributed by atoms with Crippen LogP contribution in [0.15, 0.2) is 72.0 Å². The first-order chi connectivity index (χ1) is 13.5. The van der Waals surface area contributed by atoms with E-state index in [0.29, 0.717) is 22.6 Å². The van der Waals surface area contributed by atoms with Crippen molar-refractivity contribution in [3.8, 4) is 11.3 Å². The molecule has 140 valence electrons. The molecule has 6 nitrogen and oxygen atoms in total. The highest BCUT2D eigenvalue weighted by Crippen LogP contribution is 2.30. The average molecular weight is 390 g/mol. The molecule has 0 aliphatic carbocycles. The molecule has 4 rings (SSSR count). The molecule has 0 aliphatic heterocycles. The summed E-state index contributed by atoms with van der Waals surface area (Å²) in [6.07, 6.45) is 2.96. The van der Waals surface area contributed by atoms with Crippen molar-refractivity contribution in [1.29, 1.82) is 0 Å². The summed E-state index contributed by atoms with van der Waals surface area (Å²) in [6.45, 7) is 3.53. The Balaban J connectivity index is 1.79. The Hall–Kier alpha value is -3.19. The fourth-order valence-electron chi connectivity index (χ4n) is 2.98. The molecule has 0 radical (unpaired) electrons. The molecule has 0 saturated heterocycles. The summed E-state index contributed by atoms with van der Waals surface area (Å²) in [6, 6.07) is 16.4. The van der Waals surface area contributed by atoms with Crippen LogP contribution in [0.4, 0.5) is 0 Å². The van der Waals surface area contributed by atoms with E-state index in [0.717, 1.165) is 11.1 Å². The number of rotatable bonds is 4. The number of hydrogen-bond donors (Lipinski definition) is 0. The predicted octanol–water partition coefficient (Wildman–Crippen LogP) is 3.93. The van der Waals surface area contributed by atoms with E-state index in [1.165, 1.54) is 6.33 Å². The van der Waals surface area contributed by atoms with E-state index in [1.807, 2.05) is 37.3 Å². The van der Waals surface area contributed by atoms with Crippen molar-refractivity contribution in [2.75, 3.05) is 0 Å². The summed E-state index contributed by atoms with van der Waals surface area (Å²) in [7, 11) is -3.62. The first-order valence-electron chi connectivity index (χ1n) is 8.80. The lowest BCUT2D eigenvalue weighted by atomic mass is 10.1. The van der Waals surface area contributed by atoms with E-state index in [1.54, 1.807) is 37.4 Å². The molecule has 0 spiro atoms. The van der Waals surface area contributed by atoms with Crippen LogP contribution in [0.3, 0.4) is 0 Å². The maximum atomic E-state index is 13.1. The smallest absolute Gasteiger partial charge is 0.186 e. The van der Waals surface area contributed by atoms with Crippen molar-refractivity contribution >= 4 is 21.0 Å². The lowest BCUT2D eigenvalue weighted by Crippen LogP contribution is -2.13. The van der Waals surface area contributed by atoms with Gasteiger partial charge in [-0.1, -0.05) is 48.0 Å². The zero-order chi connectivity index (χ0) is 19.7. The number of fused-ring (bicyclic) bond motifs is 1. The van der Waals surface area contributed by atoms with Gasteiger partial charge in [0.25, 0.3) is 0 Å². The van der Waals surface area contributed by atoms with Crippen LogP contribution in [-0.4, -0.2) is 28.4 Å². The number of aryl methyl sites for hydroxylation is 1. The van der Waals surface area contributed by atoms with Crippen LogP contribution in [0, 0.1) is 6.92 Å². The van der Waals surface area contributed by atoms with Crippen molar-refractivity contribution in [2.24, 2.45) is 0 Å². The monoisotopic (exact) mass is 390 g/mol. The van der Waals surface area contributed by atoms with Crippen molar-refractivity contribution in [3.05, 3.63) is 78.4 Å². The summed E-state index contributed by atoms with van der Waals surface area (Å²) in [5.41, 5.74) is 3.70. The fourth-order valence-corrected chi connectivity index (χ4v) is 4.37. The van der Waals surface area contributed by atoms with E-state index in [2.05, 4.69) is 19.9 Å². The maximum absolute atomic E-state index is 13.1. The SMILES string of the molecule is Cc1ccc(S(=O)(=O)C(C)c2ncnc3nc(-c4ccccc4)cnc23)cc1. The third kappa shape index (κ3) is 3.25. The minimum Gasteiger partial charge on any atom is -0.249 e. The largest absolute Gasteiger partial charge is 0.249 e. The predicted molar refractivity (Wildman–Crippen MR) is 107 cm³/mol. The summed E-state index contributed by atoms with van der Waals surface area (Å²) in [5.74, 6) is 0. The zero-order valence-electron chi connectivity index (χ0n) is 15.4. The number of benzene rings is 2.